The van der Waals surface area contributed by atoms with Gasteiger partial charge in [0.1, 0.15) is 0 Å². The smallest absolute Gasteiger partial charge is 0.242 e. The maximum atomic E-state index is 12.5. The fourth-order valence-corrected chi connectivity index (χ4v) is 2.05. The number of hydrogen-bond acceptors (Lipinski definition) is 1. The molecule has 2 rings (SSSR count). The van der Waals surface area contributed by atoms with E-state index in [9.17, 15) is 13.2 Å². The van der Waals surface area contributed by atoms with Crippen molar-refractivity contribution < 1.29 is 13.2 Å². The van der Waals surface area contributed by atoms with Crippen molar-refractivity contribution in [2.24, 2.45) is 0 Å². The summed E-state index contributed by atoms with van der Waals surface area (Å²) < 4.78 is 37.7. The van der Waals surface area contributed by atoms with Crippen molar-refractivity contribution in [2.45, 2.75) is 6.18 Å². The zero-order valence-corrected chi connectivity index (χ0v) is 9.50. The predicted molar refractivity (Wildman–Crippen MR) is 59.5 cm³/mol. The van der Waals surface area contributed by atoms with Crippen molar-refractivity contribution in [3.8, 4) is 0 Å². The molecule has 78 valence electrons. The number of pyridine rings is 1. The molecule has 1 heterocycles. The van der Waals surface area contributed by atoms with Gasteiger partial charge < -0.3 is 0 Å². The Balaban J connectivity index is 2.73. The van der Waals surface area contributed by atoms with E-state index in [0.717, 1.165) is 5.39 Å². The molecule has 0 aliphatic rings. The van der Waals surface area contributed by atoms with Gasteiger partial charge in [-0.25, -0.2) is 4.98 Å². The Kier molecular flexibility index (Phi) is 2.57. The molecule has 0 radical (unpaired) electrons. The van der Waals surface area contributed by atoms with Crippen molar-refractivity contribution in [2.75, 3.05) is 0 Å². The average molecular weight is 323 g/mol. The van der Waals surface area contributed by atoms with E-state index in [-0.39, 0.29) is 3.57 Å². The van der Waals surface area contributed by atoms with E-state index in [0.29, 0.717) is 5.52 Å². The average Bonchev–Trinajstić information content (AvgIpc) is 2.15. The maximum absolute atomic E-state index is 12.5. The Labute approximate surface area is 97.5 Å². The van der Waals surface area contributed by atoms with Gasteiger partial charge in [-0.1, -0.05) is 18.2 Å². The number of nitrogens with zero attached hydrogens (tertiary/aromatic N) is 1. The highest BCUT2D eigenvalue weighted by atomic mass is 127. The quantitative estimate of drug-likeness (QED) is 0.671. The summed E-state index contributed by atoms with van der Waals surface area (Å²) in [5.41, 5.74) is -0.452. The largest absolute Gasteiger partial charge is 0.434 e. The van der Waals surface area contributed by atoms with Crippen LogP contribution in [0.2, 0.25) is 0 Å². The minimum absolute atomic E-state index is 0.124. The molecule has 0 amide bonds. The van der Waals surface area contributed by atoms with Crippen LogP contribution in [-0.2, 0) is 6.18 Å². The molecule has 1 aromatic carbocycles. The Hall–Kier alpha value is -0.850. The van der Waals surface area contributed by atoms with E-state index in [1.54, 1.807) is 46.9 Å². The molecule has 0 spiro atoms. The lowest BCUT2D eigenvalue weighted by atomic mass is 10.2. The van der Waals surface area contributed by atoms with Gasteiger partial charge in [-0.15, -0.1) is 0 Å². The van der Waals surface area contributed by atoms with Gasteiger partial charge in [0.05, 0.1) is 5.52 Å². The van der Waals surface area contributed by atoms with E-state index in [4.69, 9.17) is 0 Å². The minimum atomic E-state index is -4.39. The Bertz CT molecular complexity index is 507. The van der Waals surface area contributed by atoms with Crippen LogP contribution in [0.1, 0.15) is 5.69 Å². The highest BCUT2D eigenvalue weighted by Gasteiger charge is 2.35. The SMILES string of the molecule is FC(F)(F)c1nc2ccccc2cc1I. The number of benzene rings is 1. The maximum Gasteiger partial charge on any atom is 0.434 e. The normalized spacial score (nSPS) is 12.0. The zero-order chi connectivity index (χ0) is 11.1. The fourth-order valence-electron chi connectivity index (χ4n) is 1.29. The molecule has 0 unspecified atom stereocenters. The number of rotatable bonds is 0. The van der Waals surface area contributed by atoms with Crippen LogP contribution < -0.4 is 0 Å². The first kappa shape index (κ1) is 10.7. The summed E-state index contributed by atoms with van der Waals surface area (Å²) in [6, 6.07) is 8.24. The molecule has 0 N–H and O–H groups in total. The van der Waals surface area contributed by atoms with Crippen molar-refractivity contribution in [3.05, 3.63) is 39.6 Å². The number of hydrogen-bond donors (Lipinski definition) is 0. The first-order valence-corrected chi connectivity index (χ1v) is 5.19. The van der Waals surface area contributed by atoms with Crippen LogP contribution in [0, 0.1) is 3.57 Å². The van der Waals surface area contributed by atoms with Crippen molar-refractivity contribution in [1.29, 1.82) is 0 Å². The van der Waals surface area contributed by atoms with Gasteiger partial charge in [0.2, 0.25) is 0 Å². The molecule has 5 heteroatoms. The number of halogens is 4. The van der Waals surface area contributed by atoms with Crippen LogP contribution in [0.3, 0.4) is 0 Å². The highest BCUT2D eigenvalue weighted by molar-refractivity contribution is 14.1. The minimum Gasteiger partial charge on any atom is -0.242 e. The summed E-state index contributed by atoms with van der Waals surface area (Å²) in [7, 11) is 0. The highest BCUT2D eigenvalue weighted by Crippen LogP contribution is 2.32. The van der Waals surface area contributed by atoms with E-state index >= 15 is 0 Å². The molecular formula is C10H5F3IN. The number of para-hydroxylation sites is 1. The Morgan fingerprint density at radius 3 is 2.47 bits per heavy atom. The summed E-state index contributed by atoms with van der Waals surface area (Å²) >= 11 is 1.65. The van der Waals surface area contributed by atoms with Crippen molar-refractivity contribution in [1.82, 2.24) is 4.98 Å². The third kappa shape index (κ3) is 2.06. The summed E-state index contributed by atoms with van der Waals surface area (Å²) in [6.07, 6.45) is -4.39. The van der Waals surface area contributed by atoms with Gasteiger partial charge in [0.15, 0.2) is 5.69 Å². The van der Waals surface area contributed by atoms with Crippen molar-refractivity contribution >= 4 is 33.5 Å². The molecule has 1 nitrogen and oxygen atoms in total. The number of fused-ring (bicyclic) bond motifs is 1. The van der Waals surface area contributed by atoms with Crippen LogP contribution in [-0.4, -0.2) is 4.98 Å². The third-order valence-electron chi connectivity index (χ3n) is 1.95. The van der Waals surface area contributed by atoms with Crippen LogP contribution in [0.5, 0.6) is 0 Å². The Morgan fingerprint density at radius 2 is 1.80 bits per heavy atom. The van der Waals surface area contributed by atoms with Gasteiger partial charge in [-0.2, -0.15) is 13.2 Å². The summed E-state index contributed by atoms with van der Waals surface area (Å²) in [4.78, 5) is 3.61. The molecule has 0 saturated heterocycles. The lowest BCUT2D eigenvalue weighted by molar-refractivity contribution is -0.141. The molecule has 15 heavy (non-hydrogen) atoms. The van der Waals surface area contributed by atoms with Crippen LogP contribution >= 0.6 is 22.6 Å². The lowest BCUT2D eigenvalue weighted by Gasteiger charge is -2.09. The predicted octanol–water partition coefficient (Wildman–Crippen LogP) is 3.86. The summed E-state index contributed by atoms with van der Waals surface area (Å²) in [5.74, 6) is 0. The molecule has 0 aliphatic carbocycles. The van der Waals surface area contributed by atoms with Gasteiger partial charge in [0.25, 0.3) is 0 Å². The Morgan fingerprint density at radius 1 is 1.13 bits per heavy atom. The van der Waals surface area contributed by atoms with Gasteiger partial charge in [-0.3, -0.25) is 0 Å². The molecular weight excluding hydrogens is 318 g/mol. The van der Waals surface area contributed by atoms with Crippen LogP contribution in [0.25, 0.3) is 10.9 Å². The topological polar surface area (TPSA) is 12.9 Å². The molecule has 2 aromatic rings. The van der Waals surface area contributed by atoms with Crippen LogP contribution in [0.4, 0.5) is 13.2 Å². The molecule has 0 fully saturated rings. The second-order valence-corrected chi connectivity index (χ2v) is 4.17. The summed E-state index contributed by atoms with van der Waals surface area (Å²) in [5, 5.41) is 0.718. The lowest BCUT2D eigenvalue weighted by Crippen LogP contribution is -2.10. The fraction of sp³-hybridized carbons (Fsp3) is 0.100. The van der Waals surface area contributed by atoms with E-state index in [1.807, 2.05) is 0 Å². The monoisotopic (exact) mass is 323 g/mol. The third-order valence-corrected chi connectivity index (χ3v) is 2.77. The molecule has 0 saturated carbocycles. The number of alkyl halides is 3. The molecule has 0 aliphatic heterocycles. The van der Waals surface area contributed by atoms with E-state index < -0.39 is 11.9 Å². The number of aromatic nitrogens is 1. The van der Waals surface area contributed by atoms with E-state index in [2.05, 4.69) is 4.98 Å². The second kappa shape index (κ2) is 3.62. The first-order valence-electron chi connectivity index (χ1n) is 4.11. The summed E-state index contributed by atoms with van der Waals surface area (Å²) in [6.45, 7) is 0. The molecule has 1 aromatic heterocycles. The zero-order valence-electron chi connectivity index (χ0n) is 7.35. The van der Waals surface area contributed by atoms with Crippen LogP contribution in [0.15, 0.2) is 30.3 Å². The standard InChI is InChI=1S/C10H5F3IN/c11-10(12,13)9-7(14)5-6-3-1-2-4-8(6)15-9/h1-5H. The second-order valence-electron chi connectivity index (χ2n) is 3.01. The first-order chi connectivity index (χ1) is 6.98. The van der Waals surface area contributed by atoms with Gasteiger partial charge >= 0.3 is 6.18 Å². The molecule has 0 bridgehead atoms. The van der Waals surface area contributed by atoms with Gasteiger partial charge in [0, 0.05) is 8.96 Å². The van der Waals surface area contributed by atoms with Gasteiger partial charge in [-0.05, 0) is 34.7 Å². The van der Waals surface area contributed by atoms with E-state index in [1.165, 1.54) is 6.07 Å². The molecule has 0 atom stereocenters. The van der Waals surface area contributed by atoms with Crippen molar-refractivity contribution in [3.63, 3.8) is 0 Å².